The molecular formula is C86H128N17O21V-. The van der Waals surface area contributed by atoms with Crippen molar-refractivity contribution >= 4 is 101 Å². The van der Waals surface area contributed by atoms with Gasteiger partial charge in [-0.15, -0.1) is 0 Å². The van der Waals surface area contributed by atoms with Crippen LogP contribution in [0.2, 0.25) is 0 Å². The van der Waals surface area contributed by atoms with Crippen LogP contribution < -0.4 is 64.6 Å². The van der Waals surface area contributed by atoms with Crippen LogP contribution in [0.1, 0.15) is 161 Å². The van der Waals surface area contributed by atoms with Gasteiger partial charge in [-0.25, -0.2) is 14.4 Å². The van der Waals surface area contributed by atoms with E-state index in [1.54, 1.807) is 107 Å². The summed E-state index contributed by atoms with van der Waals surface area (Å²) in [5, 5.41) is 64.2. The molecule has 3 aromatic rings. The number of primary amides is 1. The fourth-order valence-corrected chi connectivity index (χ4v) is 15.2. The molecule has 0 spiro atoms. The van der Waals surface area contributed by atoms with Gasteiger partial charge in [0.05, 0.1) is 42.5 Å². The largest absolute Gasteiger partial charge is 0.508 e. The van der Waals surface area contributed by atoms with Gasteiger partial charge >= 0.3 is 18.0 Å². The Bertz CT molecular complexity index is 4100. The number of phenols is 1. The molecule has 15 amide bonds. The van der Waals surface area contributed by atoms with Gasteiger partial charge in [-0.1, -0.05) is 134 Å². The van der Waals surface area contributed by atoms with Gasteiger partial charge in [0.1, 0.15) is 60.6 Å². The summed E-state index contributed by atoms with van der Waals surface area (Å²) < 4.78 is 12.0. The van der Waals surface area contributed by atoms with Crippen molar-refractivity contribution in [1.82, 2.24) is 72.8 Å². The van der Waals surface area contributed by atoms with Gasteiger partial charge in [0, 0.05) is 105 Å². The van der Waals surface area contributed by atoms with E-state index in [-0.39, 0.29) is 158 Å². The summed E-state index contributed by atoms with van der Waals surface area (Å²) in [7, 11) is 5.89. The van der Waals surface area contributed by atoms with Gasteiger partial charge in [-0.2, -0.15) is 0 Å². The number of ether oxygens (including phenoxy) is 2. The summed E-state index contributed by atoms with van der Waals surface area (Å²) in [5.74, 6) is -14.1. The molecule has 2 aliphatic rings. The molecule has 2 fully saturated rings. The van der Waals surface area contributed by atoms with Crippen LogP contribution in [0.15, 0.2) is 84.9 Å². The minimum atomic E-state index is -1.59. The van der Waals surface area contributed by atoms with Gasteiger partial charge in [0.25, 0.3) is 0 Å². The van der Waals surface area contributed by atoms with Crippen molar-refractivity contribution in [2.24, 2.45) is 35.1 Å². The first kappa shape index (κ1) is 106. The van der Waals surface area contributed by atoms with Crippen molar-refractivity contribution in [2.45, 2.75) is 237 Å². The molecule has 38 nitrogen and oxygen atoms in total. The number of phenolic OH excluding ortho intramolecular Hbond substituents is 1. The monoisotopic (exact) mass is 1790 g/mol. The number of hydrogen-bond acceptors (Lipinski definition) is 20. The number of hydrogen-bond donors (Lipinski definition) is 16. The van der Waals surface area contributed by atoms with Crippen molar-refractivity contribution < 1.29 is 120 Å². The quantitative estimate of drug-likeness (QED) is 0.0124. The van der Waals surface area contributed by atoms with Gasteiger partial charge in [-0.3, -0.25) is 69.4 Å². The number of guanidine groups is 1. The first-order valence-electron chi connectivity index (χ1n) is 42.2. The maximum Gasteiger partial charge on any atom is 0.326 e. The van der Waals surface area contributed by atoms with E-state index < -0.39 is 186 Å². The number of amides is 15. The van der Waals surface area contributed by atoms with E-state index in [9.17, 15) is 87.2 Å². The van der Waals surface area contributed by atoms with Crippen molar-refractivity contribution in [3.8, 4) is 5.75 Å². The zero-order chi connectivity index (χ0) is 92.0. The summed E-state index contributed by atoms with van der Waals surface area (Å²) >= 11 is 0. The van der Waals surface area contributed by atoms with Crippen LogP contribution >= 0.6 is 0 Å². The molecule has 0 unspecified atom stereocenters. The topological polar surface area (TPSA) is 561 Å². The van der Waals surface area contributed by atoms with E-state index >= 15 is 4.79 Å². The molecule has 0 aliphatic carbocycles. The molecule has 3 aromatic carbocycles. The third kappa shape index (κ3) is 34.6. The van der Waals surface area contributed by atoms with Crippen LogP contribution in [-0.4, -0.2) is 269 Å². The van der Waals surface area contributed by atoms with Crippen LogP contribution in [0.25, 0.3) is 0 Å². The molecule has 0 bridgehead atoms. The average molecular weight is 1790 g/mol. The number of likely N-dealkylation sites (tertiary alicyclic amines) is 2. The SMILES string of the molecule is CC[C@H](C)[C@@H]([C@@H](CC(=O)N1CCC[C@H]1[C@H](OC)[C@@H](C)C(=O)N[C@@H](Cc1ccccc1)C(=O)O)OC)N(C)C(=O)[C@@H](NC(=O)[C@H](C(C)C)N(C)C(=O)CCCC(=O)N[C@@H](Cc1ccccc1)C(=O)N[C@@H](CCCNC(N)=O)C(=O)N[C@@H](CCCCNC(=O)[C@H](CCCNC(=N)N)NC(=O)CN1C(=O)[CH-]CC1=O)C(=O)N[C@@H](Cc1ccc(O)cc1)C(=O)O)C(C)C.[V]. The number of likely N-dealkylation sites (N-methyl/N-ethyl adjacent to an activating group) is 2. The number of methoxy groups -OCH3 is 2. The molecule has 14 atom stereocenters. The summed E-state index contributed by atoms with van der Waals surface area (Å²) in [6, 6.07) is 9.97. The number of benzene rings is 3. The fraction of sp³-hybridized carbons (Fsp3) is 0.581. The number of aliphatic carboxylic acids is 2. The first-order chi connectivity index (χ1) is 58.8. The number of imide groups is 1. The van der Waals surface area contributed by atoms with Crippen molar-refractivity contribution in [3.63, 3.8) is 0 Å². The number of carbonyl (C=O) groups excluding carboxylic acids is 14. The number of aromatic hydroxyl groups is 1. The summed E-state index contributed by atoms with van der Waals surface area (Å²) in [4.78, 5) is 224. The number of carboxylic acid groups (broad SMARTS) is 2. The number of urea groups is 1. The van der Waals surface area contributed by atoms with Crippen LogP contribution in [-0.2, 0) is 119 Å². The number of unbranched alkanes of at least 4 members (excludes halogenated alkanes) is 1. The molecule has 2 heterocycles. The van der Waals surface area contributed by atoms with Crippen LogP contribution in [0, 0.1) is 35.5 Å². The average Bonchev–Trinajstić information content (AvgIpc) is 0.879. The van der Waals surface area contributed by atoms with E-state index in [2.05, 4.69) is 53.2 Å². The fourth-order valence-electron chi connectivity index (χ4n) is 15.2. The number of nitrogens with one attached hydrogen (secondary N) is 11. The van der Waals surface area contributed by atoms with E-state index in [4.69, 9.17) is 26.4 Å². The maximum absolute atomic E-state index is 15.0. The normalized spacial score (nSPS) is 16.2. The second kappa shape index (κ2) is 53.7. The molecule has 689 valence electrons. The number of rotatable bonds is 54. The number of nitrogens with zero attached hydrogens (tertiary/aromatic N) is 4. The Balaban J connectivity index is 0.0000328. The zero-order valence-corrected chi connectivity index (χ0v) is 74.6. The Labute approximate surface area is 741 Å². The Kier molecular flexibility index (Phi) is 45.5. The molecule has 5 rings (SSSR count). The Morgan fingerprint density at radius 3 is 1.58 bits per heavy atom. The van der Waals surface area contributed by atoms with Crippen LogP contribution in [0.5, 0.6) is 5.75 Å². The van der Waals surface area contributed by atoms with Crippen LogP contribution in [0.3, 0.4) is 0 Å². The van der Waals surface area contributed by atoms with Gasteiger partial charge in [0.15, 0.2) is 5.96 Å². The molecule has 1 radical (unpaired) electrons. The number of nitrogens with two attached hydrogens (primary N) is 2. The van der Waals surface area contributed by atoms with Crippen LogP contribution in [0.4, 0.5) is 4.79 Å². The van der Waals surface area contributed by atoms with E-state index in [0.717, 1.165) is 16.9 Å². The summed E-state index contributed by atoms with van der Waals surface area (Å²) in [6.07, 6.45) is -0.405. The Morgan fingerprint density at radius 2 is 1.07 bits per heavy atom. The second-order valence-corrected chi connectivity index (χ2v) is 32.2. The zero-order valence-electron chi connectivity index (χ0n) is 73.2. The number of carboxylic acids is 2. The predicted octanol–water partition coefficient (Wildman–Crippen LogP) is 1.17. The molecule has 18 N–H and O–H groups in total. The van der Waals surface area contributed by atoms with Gasteiger partial charge in [0.2, 0.25) is 70.9 Å². The third-order valence-corrected chi connectivity index (χ3v) is 22.2. The maximum atomic E-state index is 15.0. The minimum Gasteiger partial charge on any atom is -0.508 e. The van der Waals surface area contributed by atoms with Crippen molar-refractivity contribution in [1.29, 1.82) is 5.41 Å². The minimum absolute atomic E-state index is 0. The summed E-state index contributed by atoms with van der Waals surface area (Å²) in [6.45, 7) is 12.1. The summed E-state index contributed by atoms with van der Waals surface area (Å²) in [5.41, 5.74) is 12.5. The Morgan fingerprint density at radius 1 is 0.568 bits per heavy atom. The molecule has 0 aromatic heterocycles. The van der Waals surface area contributed by atoms with Gasteiger partial charge in [-0.05, 0) is 111 Å². The number of carbonyl (C=O) groups is 16. The standard InChI is InChI=1S/C86H128N17O21.V/c1-12-52(6)74(65(123-10)48-71(110)102-44-24-32-64(102)75(124-11)53(7)76(111)97-62(83(118)119)46-55-27-17-14-18-28-55)101(9)82(117)72(50(2)3)99-81(116)73(51(4)5)100(8)68(107)34-21-33-66(105)94-61(45-54-25-15-13-16-26-54)80(115)96-60(31-23-43-92-86(89)122)78(113)95-59(79(114)98-63(84(120)121)47-56-35-37-57(104)38-36-56)29-19-20-41-90-77(112)58(30-22-42-91-85(87)88)93-67(106)49-103-69(108)39-40-70(103)109;/h13-18,25-28,35-39,50-53,58-65,72-75,104H,12,19-24,29-34,40-49H2,1-11H3,(H,90,112)(H,93,106)(H,94,105)(H,95,113)(H,96,115)(H,97,111)(H,98,114)(H,99,116)(H,118,119)(H,120,121)(H4,87,88,91)(H3,89,92,122);/q-1;/t52-,53+,58-,59-,60-,61-,62-,63-,64-,65+,72-,73-,74-,75+;/m0./s1. The third-order valence-electron chi connectivity index (χ3n) is 22.2. The molecule has 125 heavy (non-hydrogen) atoms. The van der Waals surface area contributed by atoms with E-state index in [0.29, 0.717) is 36.9 Å². The smallest absolute Gasteiger partial charge is 0.326 e. The second-order valence-electron chi connectivity index (χ2n) is 32.2. The molecule has 2 saturated heterocycles. The molecule has 39 heteroatoms. The molecule has 2 aliphatic heterocycles. The molecular weight excluding hydrogens is 1660 g/mol. The molecule has 0 saturated carbocycles. The van der Waals surface area contributed by atoms with E-state index in [1.165, 1.54) is 55.3 Å². The Hall–Kier alpha value is -11.4. The predicted molar refractivity (Wildman–Crippen MR) is 456 cm³/mol. The first-order valence-corrected chi connectivity index (χ1v) is 42.2. The van der Waals surface area contributed by atoms with Crippen molar-refractivity contribution in [2.75, 3.05) is 61.0 Å². The van der Waals surface area contributed by atoms with Crippen molar-refractivity contribution in [3.05, 3.63) is 108 Å². The van der Waals surface area contributed by atoms with Gasteiger partial charge < -0.3 is 114 Å². The van der Waals surface area contributed by atoms with E-state index in [1.807, 2.05) is 13.8 Å².